The minimum Gasteiger partial charge on any atom is -0.493 e. The number of anilines is 2. The summed E-state index contributed by atoms with van der Waals surface area (Å²) in [4.78, 5) is 33.6. The fraction of sp³-hybridized carbons (Fsp3) is 0.161. The van der Waals surface area contributed by atoms with Crippen LogP contribution in [0, 0.1) is 0 Å². The first kappa shape index (κ1) is 29.1. The molecule has 0 atom stereocenters. The zero-order valence-electron chi connectivity index (χ0n) is 22.1. The summed E-state index contributed by atoms with van der Waals surface area (Å²) < 4.78 is 11.5. The molecule has 0 radical (unpaired) electrons. The fourth-order valence-corrected chi connectivity index (χ4v) is 3.86. The molecule has 0 aliphatic heterocycles. The Labute approximate surface area is 237 Å². The van der Waals surface area contributed by atoms with Gasteiger partial charge in [0, 0.05) is 12.1 Å². The molecule has 0 aromatic heterocycles. The zero-order valence-corrected chi connectivity index (χ0v) is 22.1. The number of nitrogens with one attached hydrogen (secondary N) is 2. The third-order valence-electron chi connectivity index (χ3n) is 5.95. The third kappa shape index (κ3) is 8.80. The topological polar surface area (TPSA) is 136 Å². The van der Waals surface area contributed by atoms with Crippen molar-refractivity contribution in [1.29, 1.82) is 0 Å². The van der Waals surface area contributed by atoms with Crippen molar-refractivity contribution < 1.29 is 39.2 Å². The summed E-state index contributed by atoms with van der Waals surface area (Å²) in [5.41, 5.74) is 5.95. The van der Waals surface area contributed by atoms with Gasteiger partial charge in [0.05, 0.1) is 36.6 Å². The van der Waals surface area contributed by atoms with Crippen LogP contribution >= 0.6 is 0 Å². The molecule has 41 heavy (non-hydrogen) atoms. The number of aromatic carboxylic acids is 1. The zero-order chi connectivity index (χ0) is 28.9. The number of carbonyl (C=O) groups is 2. The van der Waals surface area contributed by atoms with E-state index >= 15 is 0 Å². The van der Waals surface area contributed by atoms with E-state index in [0.29, 0.717) is 43.4 Å². The highest BCUT2D eigenvalue weighted by Crippen LogP contribution is 2.19. The van der Waals surface area contributed by atoms with Crippen molar-refractivity contribution in [2.45, 2.75) is 19.6 Å². The standard InChI is InChI=1S/C31H30N2O8/c34-30(28-8-3-4-9-29(28)31(35)36)32-24-10-14-26(15-11-24)38-18-5-19-39-27-16-12-25(13-17-27)33-40-20-22-6-1-2-7-23(22)21-41-37/h1-4,6-17,33,37H,5,18-21H2,(H,32,34)(H,35,36). The van der Waals surface area contributed by atoms with E-state index in [1.54, 1.807) is 36.4 Å². The van der Waals surface area contributed by atoms with Crippen LogP contribution in [-0.4, -0.2) is 35.5 Å². The number of carboxylic acid groups (broad SMARTS) is 1. The maximum atomic E-state index is 12.5. The highest BCUT2D eigenvalue weighted by Gasteiger charge is 2.15. The maximum absolute atomic E-state index is 12.5. The molecule has 4 N–H and O–H groups in total. The summed E-state index contributed by atoms with van der Waals surface area (Å²) in [6.45, 7) is 1.30. The van der Waals surface area contributed by atoms with Gasteiger partial charge in [0.25, 0.3) is 5.91 Å². The average molecular weight is 559 g/mol. The molecular weight excluding hydrogens is 528 g/mol. The fourth-order valence-electron chi connectivity index (χ4n) is 3.86. The second kappa shape index (κ2) is 15.0. The minimum atomic E-state index is -1.16. The molecule has 212 valence electrons. The first-order chi connectivity index (χ1) is 20.0. The Bertz CT molecular complexity index is 1420. The number of carbonyl (C=O) groups excluding carboxylic acids is 1. The molecule has 0 spiro atoms. The van der Waals surface area contributed by atoms with Crippen LogP contribution in [0.15, 0.2) is 97.1 Å². The lowest BCUT2D eigenvalue weighted by Crippen LogP contribution is -2.16. The van der Waals surface area contributed by atoms with Crippen LogP contribution in [0.4, 0.5) is 11.4 Å². The summed E-state index contributed by atoms with van der Waals surface area (Å²) in [6, 6.07) is 27.8. The highest BCUT2D eigenvalue weighted by molar-refractivity contribution is 6.10. The molecule has 4 aromatic rings. The van der Waals surface area contributed by atoms with Gasteiger partial charge in [-0.25, -0.2) is 9.68 Å². The van der Waals surface area contributed by atoms with Crippen LogP contribution in [0.2, 0.25) is 0 Å². The van der Waals surface area contributed by atoms with E-state index in [1.807, 2.05) is 48.5 Å². The molecule has 0 saturated heterocycles. The Balaban J connectivity index is 1.13. The molecule has 0 saturated carbocycles. The van der Waals surface area contributed by atoms with Gasteiger partial charge < -0.3 is 19.9 Å². The lowest BCUT2D eigenvalue weighted by Gasteiger charge is -2.11. The summed E-state index contributed by atoms with van der Waals surface area (Å²) in [5, 5.41) is 20.7. The molecule has 0 bridgehead atoms. The van der Waals surface area contributed by atoms with Gasteiger partial charge >= 0.3 is 5.97 Å². The summed E-state index contributed by atoms with van der Waals surface area (Å²) >= 11 is 0. The van der Waals surface area contributed by atoms with Crippen molar-refractivity contribution in [1.82, 2.24) is 0 Å². The van der Waals surface area contributed by atoms with E-state index in [9.17, 15) is 14.7 Å². The van der Waals surface area contributed by atoms with Crippen molar-refractivity contribution in [3.63, 3.8) is 0 Å². The first-order valence-corrected chi connectivity index (χ1v) is 12.8. The van der Waals surface area contributed by atoms with E-state index in [4.69, 9.17) is 19.6 Å². The average Bonchev–Trinajstić information content (AvgIpc) is 2.99. The monoisotopic (exact) mass is 558 g/mol. The number of rotatable bonds is 15. The predicted octanol–water partition coefficient (Wildman–Crippen LogP) is 6.02. The van der Waals surface area contributed by atoms with Crippen LogP contribution in [0.5, 0.6) is 11.5 Å². The van der Waals surface area contributed by atoms with Gasteiger partial charge in [-0.1, -0.05) is 36.4 Å². The first-order valence-electron chi connectivity index (χ1n) is 12.8. The summed E-state index contributed by atoms with van der Waals surface area (Å²) in [6.07, 6.45) is 0.657. The van der Waals surface area contributed by atoms with E-state index in [1.165, 1.54) is 12.1 Å². The Hall–Kier alpha value is -4.90. The Morgan fingerprint density at radius 2 is 1.20 bits per heavy atom. The highest BCUT2D eigenvalue weighted by atomic mass is 17.1. The van der Waals surface area contributed by atoms with Crippen molar-refractivity contribution in [3.8, 4) is 11.5 Å². The quantitative estimate of drug-likeness (QED) is 0.0785. The van der Waals surface area contributed by atoms with E-state index in [-0.39, 0.29) is 17.7 Å². The Morgan fingerprint density at radius 3 is 1.78 bits per heavy atom. The van der Waals surface area contributed by atoms with E-state index < -0.39 is 11.9 Å². The van der Waals surface area contributed by atoms with Gasteiger partial charge in [-0.3, -0.25) is 20.4 Å². The SMILES string of the molecule is O=C(O)c1ccccc1C(=O)Nc1ccc(OCCCOc2ccc(NOCc3ccccc3COO)cc2)cc1. The summed E-state index contributed by atoms with van der Waals surface area (Å²) in [5.74, 6) is -0.310. The molecule has 0 fully saturated rings. The molecule has 10 nitrogen and oxygen atoms in total. The molecule has 0 aliphatic carbocycles. The lowest BCUT2D eigenvalue weighted by atomic mass is 10.1. The second-order valence-corrected chi connectivity index (χ2v) is 8.84. The molecule has 4 aromatic carbocycles. The number of amides is 1. The maximum Gasteiger partial charge on any atom is 0.336 e. The minimum absolute atomic E-state index is 0.0576. The van der Waals surface area contributed by atoms with Crippen LogP contribution in [0.3, 0.4) is 0 Å². The number of benzene rings is 4. The number of hydrogen-bond acceptors (Lipinski definition) is 8. The molecular formula is C31H30N2O8. The van der Waals surface area contributed by atoms with Gasteiger partial charge in [-0.05, 0) is 71.8 Å². The van der Waals surface area contributed by atoms with E-state index in [0.717, 1.165) is 16.8 Å². The molecule has 0 heterocycles. The van der Waals surface area contributed by atoms with Gasteiger partial charge in [0.2, 0.25) is 0 Å². The van der Waals surface area contributed by atoms with Gasteiger partial charge in [-0.2, -0.15) is 0 Å². The normalized spacial score (nSPS) is 10.6. The van der Waals surface area contributed by atoms with Gasteiger partial charge in [0.1, 0.15) is 18.1 Å². The van der Waals surface area contributed by atoms with Crippen LogP contribution in [0.1, 0.15) is 38.3 Å². The number of ether oxygens (including phenoxy) is 2. The van der Waals surface area contributed by atoms with Crippen molar-refractivity contribution in [3.05, 3.63) is 119 Å². The van der Waals surface area contributed by atoms with Crippen LogP contribution in [0.25, 0.3) is 0 Å². The van der Waals surface area contributed by atoms with Crippen molar-refractivity contribution in [2.75, 3.05) is 24.0 Å². The van der Waals surface area contributed by atoms with Crippen molar-refractivity contribution >= 4 is 23.3 Å². The third-order valence-corrected chi connectivity index (χ3v) is 5.95. The summed E-state index contributed by atoms with van der Waals surface area (Å²) in [7, 11) is 0. The lowest BCUT2D eigenvalue weighted by molar-refractivity contribution is -0.253. The largest absolute Gasteiger partial charge is 0.493 e. The Kier molecular flexibility index (Phi) is 10.7. The predicted molar refractivity (Wildman–Crippen MR) is 152 cm³/mol. The molecule has 0 aliphatic rings. The van der Waals surface area contributed by atoms with E-state index in [2.05, 4.69) is 15.7 Å². The Morgan fingerprint density at radius 1 is 0.659 bits per heavy atom. The van der Waals surface area contributed by atoms with Gasteiger partial charge in [-0.15, -0.1) is 0 Å². The molecule has 1 amide bonds. The molecule has 10 heteroatoms. The van der Waals surface area contributed by atoms with Crippen LogP contribution in [-0.2, 0) is 22.9 Å². The van der Waals surface area contributed by atoms with Crippen molar-refractivity contribution in [2.24, 2.45) is 0 Å². The molecule has 4 rings (SSSR count). The van der Waals surface area contributed by atoms with Crippen LogP contribution < -0.4 is 20.3 Å². The number of hydrogen-bond donors (Lipinski definition) is 4. The number of carboxylic acids is 1. The molecule has 0 unspecified atom stereocenters. The second-order valence-electron chi connectivity index (χ2n) is 8.84. The smallest absolute Gasteiger partial charge is 0.336 e. The van der Waals surface area contributed by atoms with Gasteiger partial charge in [0.15, 0.2) is 0 Å².